The van der Waals surface area contributed by atoms with Crippen LogP contribution in [0.5, 0.6) is 0 Å². The Morgan fingerprint density at radius 1 is 0.857 bits per heavy atom. The van der Waals surface area contributed by atoms with Gasteiger partial charge in [-0.1, -0.05) is 4.33 Å². The number of hydrogen-bond donors (Lipinski definition) is 0. The van der Waals surface area contributed by atoms with Crippen LogP contribution in [-0.2, 0) is 23.2 Å². The Kier molecular flexibility index (Phi) is 4.50. The zero-order chi connectivity index (χ0) is 11.6. The van der Waals surface area contributed by atoms with Crippen LogP contribution in [0.25, 0.3) is 0 Å². The summed E-state index contributed by atoms with van der Waals surface area (Å²) >= 11 is 0. The van der Waals surface area contributed by atoms with E-state index in [2.05, 4.69) is 4.33 Å². The maximum absolute atomic E-state index is 11.2. The summed E-state index contributed by atoms with van der Waals surface area (Å²) in [5.41, 5.74) is 0. The van der Waals surface area contributed by atoms with E-state index in [9.17, 15) is 8.42 Å². The SMILES string of the molecule is C[Si](C)(C)OOS(=O)(=O)O[Si](C)(C)C. The van der Waals surface area contributed by atoms with Crippen molar-refractivity contribution in [2.45, 2.75) is 39.3 Å². The predicted octanol–water partition coefficient (Wildman–Crippen LogP) is 1.87. The number of rotatable bonds is 5. The van der Waals surface area contributed by atoms with Crippen LogP contribution in [0.1, 0.15) is 0 Å². The maximum atomic E-state index is 11.2. The quantitative estimate of drug-likeness (QED) is 0.428. The van der Waals surface area contributed by atoms with Crippen LogP contribution in [0.2, 0.25) is 39.3 Å². The Balaban J connectivity index is 4.25. The molecule has 0 spiro atoms. The molecule has 8 heteroatoms. The molecular formula is C6H18O5SSi2. The standard InChI is InChI=1S/C6H18O5SSi2/c1-13(2,3)10-9-12(7,8)11-14(4,5)6/h1-6H3. The van der Waals surface area contributed by atoms with Gasteiger partial charge in [-0.25, -0.2) is 0 Å². The molecule has 0 aliphatic carbocycles. The minimum atomic E-state index is -4.00. The van der Waals surface area contributed by atoms with Gasteiger partial charge in [-0.15, -0.1) is 0 Å². The van der Waals surface area contributed by atoms with Crippen molar-refractivity contribution in [1.82, 2.24) is 0 Å². The minimum Gasteiger partial charge on any atom is -0.293 e. The molecule has 0 aromatic carbocycles. The fraction of sp³-hybridized carbons (Fsp3) is 1.00. The summed E-state index contributed by atoms with van der Waals surface area (Å²) in [6.45, 7) is 10.7. The zero-order valence-electron chi connectivity index (χ0n) is 9.45. The van der Waals surface area contributed by atoms with E-state index in [0.717, 1.165) is 0 Å². The van der Waals surface area contributed by atoms with E-state index in [0.29, 0.717) is 0 Å². The van der Waals surface area contributed by atoms with E-state index < -0.39 is 27.0 Å². The Labute approximate surface area is 87.9 Å². The highest BCUT2D eigenvalue weighted by atomic mass is 32.3. The summed E-state index contributed by atoms with van der Waals surface area (Å²) in [4.78, 5) is 0. The van der Waals surface area contributed by atoms with Gasteiger partial charge in [0.25, 0.3) is 0 Å². The molecule has 0 aliphatic rings. The summed E-state index contributed by atoms with van der Waals surface area (Å²) in [5, 5.41) is 0. The molecule has 0 saturated carbocycles. The average molecular weight is 258 g/mol. The molecule has 0 bridgehead atoms. The molecule has 0 amide bonds. The molecule has 0 saturated heterocycles. The first-order chi connectivity index (χ1) is 5.91. The highest BCUT2D eigenvalue weighted by Gasteiger charge is 2.28. The zero-order valence-corrected chi connectivity index (χ0v) is 12.3. The normalized spacial score (nSPS) is 14.4. The van der Waals surface area contributed by atoms with Gasteiger partial charge in [0.05, 0.1) is 0 Å². The largest absolute Gasteiger partial charge is 0.415 e. The van der Waals surface area contributed by atoms with Crippen LogP contribution < -0.4 is 0 Å². The highest BCUT2D eigenvalue weighted by molar-refractivity contribution is 7.82. The van der Waals surface area contributed by atoms with Crippen LogP contribution >= 0.6 is 0 Å². The topological polar surface area (TPSA) is 61.8 Å². The van der Waals surface area contributed by atoms with Crippen molar-refractivity contribution in [2.75, 3.05) is 0 Å². The minimum absolute atomic E-state index is 1.75. The van der Waals surface area contributed by atoms with Gasteiger partial charge < -0.3 is 0 Å². The Bertz CT molecular complexity index is 274. The second-order valence-electron chi connectivity index (χ2n) is 4.87. The fourth-order valence-corrected chi connectivity index (χ4v) is 4.17. The Morgan fingerprint density at radius 2 is 1.29 bits per heavy atom. The van der Waals surface area contributed by atoms with E-state index in [1.54, 1.807) is 19.6 Å². The van der Waals surface area contributed by atoms with Crippen molar-refractivity contribution in [3.8, 4) is 0 Å². The second-order valence-corrected chi connectivity index (χ2v) is 15.1. The second kappa shape index (κ2) is 4.41. The molecule has 14 heavy (non-hydrogen) atoms. The molecule has 0 heterocycles. The molecule has 0 fully saturated rings. The summed E-state index contributed by atoms with van der Waals surface area (Å²) < 4.78 is 36.3. The van der Waals surface area contributed by atoms with Gasteiger partial charge in [0.1, 0.15) is 0 Å². The lowest BCUT2D eigenvalue weighted by molar-refractivity contribution is -0.112. The fourth-order valence-electron chi connectivity index (χ4n) is 0.464. The molecule has 0 aromatic heterocycles. The molecule has 0 aliphatic heterocycles. The van der Waals surface area contributed by atoms with Gasteiger partial charge in [-0.2, -0.15) is 8.42 Å². The van der Waals surface area contributed by atoms with Gasteiger partial charge in [0, 0.05) is 0 Å². The first kappa shape index (κ1) is 14.3. The summed E-state index contributed by atoms with van der Waals surface area (Å²) in [6, 6.07) is 0. The highest BCUT2D eigenvalue weighted by Crippen LogP contribution is 2.12. The van der Waals surface area contributed by atoms with Gasteiger partial charge in [-0.3, -0.25) is 8.45 Å². The lowest BCUT2D eigenvalue weighted by Crippen LogP contribution is -2.33. The van der Waals surface area contributed by atoms with E-state index in [1.165, 1.54) is 0 Å². The van der Waals surface area contributed by atoms with Crippen LogP contribution in [0, 0.1) is 0 Å². The third-order valence-electron chi connectivity index (χ3n) is 0.719. The maximum Gasteiger partial charge on any atom is 0.415 e. The molecule has 0 aromatic rings. The third-order valence-corrected chi connectivity index (χ3v) is 4.47. The molecule has 0 rings (SSSR count). The first-order valence-electron chi connectivity index (χ1n) is 4.24. The van der Waals surface area contributed by atoms with Gasteiger partial charge in [-0.05, 0) is 39.3 Å². The summed E-state index contributed by atoms with van der Waals surface area (Å²) in [6.07, 6.45) is 0. The molecule has 0 N–H and O–H groups in total. The summed E-state index contributed by atoms with van der Waals surface area (Å²) in [5.74, 6) is 0. The molecule has 0 radical (unpaired) electrons. The molecule has 5 nitrogen and oxygen atoms in total. The van der Waals surface area contributed by atoms with Gasteiger partial charge in [0.15, 0.2) is 0 Å². The van der Waals surface area contributed by atoms with Gasteiger partial charge in [0.2, 0.25) is 16.6 Å². The molecule has 86 valence electrons. The third kappa shape index (κ3) is 8.84. The average Bonchev–Trinajstić information content (AvgIpc) is 1.76. The monoisotopic (exact) mass is 258 g/mol. The van der Waals surface area contributed by atoms with Crippen molar-refractivity contribution >= 4 is 27.0 Å². The smallest absolute Gasteiger partial charge is 0.293 e. The van der Waals surface area contributed by atoms with Crippen LogP contribution in [0.4, 0.5) is 0 Å². The Hall–Kier alpha value is 0.264. The first-order valence-corrected chi connectivity index (χ1v) is 12.4. The van der Waals surface area contributed by atoms with Crippen LogP contribution in [-0.4, -0.2) is 25.1 Å². The van der Waals surface area contributed by atoms with Crippen molar-refractivity contribution in [1.29, 1.82) is 0 Å². The van der Waals surface area contributed by atoms with Crippen molar-refractivity contribution in [3.05, 3.63) is 0 Å². The molecular weight excluding hydrogens is 240 g/mol. The number of hydrogen-bond acceptors (Lipinski definition) is 5. The van der Waals surface area contributed by atoms with Crippen molar-refractivity contribution < 1.29 is 21.2 Å². The summed E-state index contributed by atoms with van der Waals surface area (Å²) in [7, 11) is -8.17. The lowest BCUT2D eigenvalue weighted by atomic mass is 11.8. The molecule has 0 atom stereocenters. The predicted molar refractivity (Wildman–Crippen MR) is 58.9 cm³/mol. The van der Waals surface area contributed by atoms with Crippen LogP contribution in [0.3, 0.4) is 0 Å². The van der Waals surface area contributed by atoms with E-state index >= 15 is 0 Å². The van der Waals surface area contributed by atoms with E-state index in [1.807, 2.05) is 19.6 Å². The van der Waals surface area contributed by atoms with Crippen LogP contribution in [0.15, 0.2) is 0 Å². The lowest BCUT2D eigenvalue weighted by Gasteiger charge is -2.18. The molecule has 0 unspecified atom stereocenters. The van der Waals surface area contributed by atoms with E-state index in [4.69, 9.17) is 8.45 Å². The van der Waals surface area contributed by atoms with Gasteiger partial charge >= 0.3 is 10.4 Å². The van der Waals surface area contributed by atoms with E-state index in [-0.39, 0.29) is 0 Å². The van der Waals surface area contributed by atoms with Crippen molar-refractivity contribution in [2.24, 2.45) is 0 Å². The Morgan fingerprint density at radius 3 is 1.57 bits per heavy atom. The van der Waals surface area contributed by atoms with Crippen molar-refractivity contribution in [3.63, 3.8) is 0 Å².